The molecule has 0 aliphatic carbocycles. The summed E-state index contributed by atoms with van der Waals surface area (Å²) >= 11 is 0. The van der Waals surface area contributed by atoms with Crippen molar-refractivity contribution in [2.75, 3.05) is 17.4 Å². The molecule has 3 aromatic rings. The Balaban J connectivity index is 1.41. The monoisotopic (exact) mass is 509 g/mol. The van der Waals surface area contributed by atoms with E-state index in [9.17, 15) is 13.2 Å². The first-order chi connectivity index (χ1) is 17.3. The van der Waals surface area contributed by atoms with Crippen LogP contribution in [0.2, 0.25) is 0 Å². The quantitative estimate of drug-likeness (QED) is 0.421. The number of anilines is 2. The first-order valence-corrected chi connectivity index (χ1v) is 13.1. The largest absolute Gasteiger partial charge is 0.454 e. The van der Waals surface area contributed by atoms with Crippen molar-refractivity contribution in [3.05, 3.63) is 76.9 Å². The molecule has 0 atom stereocenters. The van der Waals surface area contributed by atoms with Crippen LogP contribution in [0.4, 0.5) is 11.4 Å². The number of ether oxygens (including phenoxy) is 3. The number of carbonyl (C=O) groups excluding carboxylic acids is 1. The second-order valence-electron chi connectivity index (χ2n) is 8.99. The van der Waals surface area contributed by atoms with Crippen molar-refractivity contribution in [3.8, 4) is 11.5 Å². The molecular weight excluding hydrogens is 482 g/mol. The van der Waals surface area contributed by atoms with Crippen LogP contribution in [0.3, 0.4) is 0 Å². The van der Waals surface area contributed by atoms with Crippen LogP contribution in [0.15, 0.2) is 59.5 Å². The van der Waals surface area contributed by atoms with E-state index in [0.717, 1.165) is 16.7 Å². The number of sulfonamides is 1. The highest BCUT2D eigenvalue weighted by Gasteiger charge is 2.20. The molecular formula is C26H27N3O6S. The highest BCUT2D eigenvalue weighted by molar-refractivity contribution is 7.89. The Labute approximate surface area is 209 Å². The molecule has 2 aliphatic heterocycles. The fourth-order valence-corrected chi connectivity index (χ4v) is 5.39. The van der Waals surface area contributed by atoms with Crippen LogP contribution in [-0.4, -0.2) is 27.2 Å². The van der Waals surface area contributed by atoms with Gasteiger partial charge in [0.2, 0.25) is 16.8 Å². The molecule has 0 saturated carbocycles. The van der Waals surface area contributed by atoms with Gasteiger partial charge in [-0.3, -0.25) is 4.79 Å². The molecule has 1 amide bonds. The van der Waals surface area contributed by atoms with Gasteiger partial charge in [-0.25, -0.2) is 13.1 Å². The number of carbonyl (C=O) groups is 1. The van der Waals surface area contributed by atoms with Crippen LogP contribution < -0.4 is 24.8 Å². The first kappa shape index (κ1) is 24.1. The van der Waals surface area contributed by atoms with E-state index < -0.39 is 15.9 Å². The molecule has 0 saturated heterocycles. The van der Waals surface area contributed by atoms with Gasteiger partial charge in [0.25, 0.3) is 5.91 Å². The summed E-state index contributed by atoms with van der Waals surface area (Å²) in [5.74, 6) is 0.928. The third-order valence-corrected chi connectivity index (χ3v) is 7.42. The summed E-state index contributed by atoms with van der Waals surface area (Å²) in [5, 5.41) is 6.09. The Morgan fingerprint density at radius 2 is 1.72 bits per heavy atom. The Morgan fingerprint density at radius 1 is 0.917 bits per heavy atom. The van der Waals surface area contributed by atoms with Gasteiger partial charge >= 0.3 is 0 Å². The predicted octanol–water partition coefficient (Wildman–Crippen LogP) is 4.00. The summed E-state index contributed by atoms with van der Waals surface area (Å²) in [7, 11) is -3.83. The molecule has 10 heteroatoms. The molecule has 0 spiro atoms. The normalized spacial score (nSPS) is 14.1. The fourth-order valence-electron chi connectivity index (χ4n) is 4.07. The number of nitrogens with one attached hydrogen (secondary N) is 3. The van der Waals surface area contributed by atoms with Crippen molar-refractivity contribution in [2.24, 2.45) is 0 Å². The predicted molar refractivity (Wildman–Crippen MR) is 135 cm³/mol. The summed E-state index contributed by atoms with van der Waals surface area (Å²) in [6.07, 6.45) is 0. The standard InChI is InChI=1S/C26H27N3O6S/c1-16(2)29-36(31,32)23-10-19(26(30)28-21-5-4-18-13-33-14-20(18)9-21)8-22(11-23)27-12-17-3-6-24-25(7-17)35-15-34-24/h3-11,16,27,29H,12-15H2,1-2H3,(H,28,30). The Morgan fingerprint density at radius 3 is 2.56 bits per heavy atom. The minimum atomic E-state index is -3.83. The van der Waals surface area contributed by atoms with Crippen molar-refractivity contribution < 1.29 is 27.4 Å². The lowest BCUT2D eigenvalue weighted by molar-refractivity contribution is 0.102. The van der Waals surface area contributed by atoms with Crippen LogP contribution in [0.5, 0.6) is 11.5 Å². The average Bonchev–Trinajstić information content (AvgIpc) is 3.50. The minimum Gasteiger partial charge on any atom is -0.454 e. The maximum Gasteiger partial charge on any atom is 0.255 e. The van der Waals surface area contributed by atoms with Crippen LogP contribution in [0.1, 0.15) is 40.9 Å². The number of hydrogen-bond donors (Lipinski definition) is 3. The Kier molecular flexibility index (Phi) is 6.57. The van der Waals surface area contributed by atoms with Gasteiger partial charge in [0, 0.05) is 29.5 Å². The lowest BCUT2D eigenvalue weighted by Gasteiger charge is -2.15. The van der Waals surface area contributed by atoms with E-state index >= 15 is 0 Å². The maximum absolute atomic E-state index is 13.2. The van der Waals surface area contributed by atoms with Crippen LogP contribution in [0, 0.1) is 0 Å². The number of amides is 1. The third kappa shape index (κ3) is 5.30. The zero-order chi connectivity index (χ0) is 25.3. The number of fused-ring (bicyclic) bond motifs is 2. The molecule has 0 radical (unpaired) electrons. The maximum atomic E-state index is 13.2. The summed E-state index contributed by atoms with van der Waals surface area (Å²) in [6, 6.07) is 15.4. The molecule has 0 fully saturated rings. The molecule has 2 heterocycles. The van der Waals surface area contributed by atoms with E-state index in [4.69, 9.17) is 14.2 Å². The van der Waals surface area contributed by atoms with Gasteiger partial charge in [-0.1, -0.05) is 12.1 Å². The van der Waals surface area contributed by atoms with E-state index in [2.05, 4.69) is 15.4 Å². The average molecular weight is 510 g/mol. The van der Waals surface area contributed by atoms with E-state index in [-0.39, 0.29) is 23.3 Å². The Hall–Kier alpha value is -3.60. The van der Waals surface area contributed by atoms with Gasteiger partial charge < -0.3 is 24.8 Å². The molecule has 0 aromatic heterocycles. The van der Waals surface area contributed by atoms with Crippen molar-refractivity contribution >= 4 is 27.3 Å². The van der Waals surface area contributed by atoms with Crippen LogP contribution in [0.25, 0.3) is 0 Å². The molecule has 2 aliphatic rings. The topological polar surface area (TPSA) is 115 Å². The zero-order valence-corrected chi connectivity index (χ0v) is 20.8. The minimum absolute atomic E-state index is 0.000565. The van der Waals surface area contributed by atoms with Gasteiger partial charge in [0.05, 0.1) is 18.1 Å². The summed E-state index contributed by atoms with van der Waals surface area (Å²) in [5.41, 5.74) is 4.36. The molecule has 36 heavy (non-hydrogen) atoms. The number of rotatable bonds is 8. The highest BCUT2D eigenvalue weighted by atomic mass is 32.2. The lowest BCUT2D eigenvalue weighted by Crippen LogP contribution is -2.30. The van der Waals surface area contributed by atoms with Gasteiger partial charge in [0.1, 0.15) is 0 Å². The second-order valence-corrected chi connectivity index (χ2v) is 10.7. The van der Waals surface area contributed by atoms with Crippen molar-refractivity contribution in [1.29, 1.82) is 0 Å². The summed E-state index contributed by atoms with van der Waals surface area (Å²) in [4.78, 5) is 13.2. The van der Waals surface area contributed by atoms with Crippen molar-refractivity contribution in [1.82, 2.24) is 4.72 Å². The van der Waals surface area contributed by atoms with E-state index in [1.54, 1.807) is 19.9 Å². The summed E-state index contributed by atoms with van der Waals surface area (Å²) < 4.78 is 44.7. The van der Waals surface area contributed by atoms with Crippen LogP contribution in [-0.2, 0) is 34.5 Å². The number of hydrogen-bond acceptors (Lipinski definition) is 7. The van der Waals surface area contributed by atoms with Gasteiger partial charge in [-0.05, 0) is 73.0 Å². The number of benzene rings is 3. The molecule has 3 aromatic carbocycles. The van der Waals surface area contributed by atoms with Crippen molar-refractivity contribution in [3.63, 3.8) is 0 Å². The van der Waals surface area contributed by atoms with Crippen molar-refractivity contribution in [2.45, 2.75) is 44.5 Å². The molecule has 3 N–H and O–H groups in total. The summed E-state index contributed by atoms with van der Waals surface area (Å²) in [6.45, 7) is 5.12. The SMILES string of the molecule is CC(C)NS(=O)(=O)c1cc(NCc2ccc3c(c2)OCO3)cc(C(=O)Nc2ccc3c(c2)COC3)c1. The molecule has 0 bridgehead atoms. The smallest absolute Gasteiger partial charge is 0.255 e. The third-order valence-electron chi connectivity index (χ3n) is 5.78. The lowest BCUT2D eigenvalue weighted by atomic mass is 10.1. The second kappa shape index (κ2) is 9.81. The fraction of sp³-hybridized carbons (Fsp3) is 0.269. The van der Waals surface area contributed by atoms with E-state index in [1.807, 2.05) is 36.4 Å². The molecule has 188 valence electrons. The molecule has 5 rings (SSSR count). The Bertz CT molecular complexity index is 1420. The van der Waals surface area contributed by atoms with E-state index in [0.29, 0.717) is 42.6 Å². The molecule has 0 unspecified atom stereocenters. The highest BCUT2D eigenvalue weighted by Crippen LogP contribution is 2.33. The first-order valence-electron chi connectivity index (χ1n) is 11.6. The molecule has 9 nitrogen and oxygen atoms in total. The van der Waals surface area contributed by atoms with Gasteiger partial charge in [-0.15, -0.1) is 0 Å². The van der Waals surface area contributed by atoms with Gasteiger partial charge in [0.15, 0.2) is 11.5 Å². The zero-order valence-electron chi connectivity index (χ0n) is 20.0. The van der Waals surface area contributed by atoms with E-state index in [1.165, 1.54) is 12.1 Å². The van der Waals surface area contributed by atoms with Crippen LogP contribution >= 0.6 is 0 Å². The van der Waals surface area contributed by atoms with Gasteiger partial charge in [-0.2, -0.15) is 0 Å².